The van der Waals surface area contributed by atoms with Gasteiger partial charge in [0.2, 0.25) is 0 Å². The first kappa shape index (κ1) is 12.9. The number of hydrogen-bond acceptors (Lipinski definition) is 3. The van der Waals surface area contributed by atoms with E-state index >= 15 is 0 Å². The van der Waals surface area contributed by atoms with Crippen molar-refractivity contribution in [3.63, 3.8) is 0 Å². The maximum Gasteiger partial charge on any atom is 0.354 e. The molecule has 17 heavy (non-hydrogen) atoms. The predicted octanol–water partition coefficient (Wildman–Crippen LogP) is 0.709. The highest BCUT2D eigenvalue weighted by Crippen LogP contribution is 2.11. The number of nitrogens with zero attached hydrogens (tertiary/aromatic N) is 2. The number of methoxy groups -OCH3 is 1. The molecule has 2 rings (SSSR count). The summed E-state index contributed by atoms with van der Waals surface area (Å²) in [5.41, 5.74) is 11.7. The number of hydrogen-bond donors (Lipinski definition) is 2. The van der Waals surface area contributed by atoms with Crippen molar-refractivity contribution in [3.05, 3.63) is 36.7 Å². The Morgan fingerprint density at radius 3 is 2.06 bits per heavy atom. The van der Waals surface area contributed by atoms with Crippen LogP contribution in [0.1, 0.15) is 0 Å². The van der Waals surface area contributed by atoms with E-state index in [9.17, 15) is 0 Å². The summed E-state index contributed by atoms with van der Waals surface area (Å²) in [5, 5.41) is 0. The summed E-state index contributed by atoms with van der Waals surface area (Å²) in [6.45, 7) is 0. The molecule has 2 aromatic rings. The number of benzene rings is 1. The third-order valence-corrected chi connectivity index (χ3v) is 2.35. The van der Waals surface area contributed by atoms with Crippen LogP contribution in [0.5, 0.6) is 5.75 Å². The first-order valence-electron chi connectivity index (χ1n) is 5.20. The van der Waals surface area contributed by atoms with Crippen molar-refractivity contribution in [2.24, 2.45) is 14.1 Å². The Bertz CT molecular complexity index is 442. The Hall–Kier alpha value is -2.17. The van der Waals surface area contributed by atoms with Crippen LogP contribution in [0.2, 0.25) is 0 Å². The summed E-state index contributed by atoms with van der Waals surface area (Å²) in [7, 11) is 5.45. The van der Waals surface area contributed by atoms with Gasteiger partial charge in [-0.15, -0.1) is 0 Å². The van der Waals surface area contributed by atoms with Gasteiger partial charge in [-0.25, -0.2) is 9.13 Å². The Labute approximate surface area is 101 Å². The maximum absolute atomic E-state index is 5.53. The highest BCUT2D eigenvalue weighted by atomic mass is 16.5. The predicted molar refractivity (Wildman–Crippen MR) is 68.4 cm³/mol. The average molecular weight is 235 g/mol. The van der Waals surface area contributed by atoms with E-state index in [0.29, 0.717) is 0 Å². The van der Waals surface area contributed by atoms with Gasteiger partial charge in [0.25, 0.3) is 0 Å². The van der Waals surface area contributed by atoms with Gasteiger partial charge in [-0.3, -0.25) is 5.73 Å². The lowest BCUT2D eigenvalue weighted by Crippen LogP contribution is -2.29. The number of anilines is 2. The van der Waals surface area contributed by atoms with Crippen molar-refractivity contribution >= 4 is 11.6 Å². The molecule has 5 nitrogen and oxygen atoms in total. The second-order valence-corrected chi connectivity index (χ2v) is 3.65. The molecule has 0 bridgehead atoms. The van der Waals surface area contributed by atoms with Gasteiger partial charge in [-0.05, 0) is 24.3 Å². The van der Waals surface area contributed by atoms with Gasteiger partial charge in [-0.2, -0.15) is 0 Å². The number of aryl methyl sites for hydroxylation is 2. The number of aromatic nitrogens is 2. The Balaban J connectivity index is 0.000000171. The van der Waals surface area contributed by atoms with E-state index in [1.807, 2.05) is 47.8 Å². The number of nitrogen functional groups attached to an aromatic ring is 2. The van der Waals surface area contributed by atoms with E-state index in [4.69, 9.17) is 16.2 Å². The van der Waals surface area contributed by atoms with Crippen molar-refractivity contribution in [1.82, 2.24) is 4.57 Å². The zero-order valence-corrected chi connectivity index (χ0v) is 10.4. The van der Waals surface area contributed by atoms with Gasteiger partial charge < -0.3 is 10.5 Å². The van der Waals surface area contributed by atoms with Crippen LogP contribution in [0.4, 0.5) is 11.6 Å². The van der Waals surface area contributed by atoms with Gasteiger partial charge in [0.15, 0.2) is 0 Å². The quantitative estimate of drug-likeness (QED) is 0.565. The van der Waals surface area contributed by atoms with E-state index in [1.165, 1.54) is 0 Å². The molecular formula is C12H19N4O+. The molecule has 1 aromatic heterocycles. The molecule has 0 saturated heterocycles. The molecule has 0 unspecified atom stereocenters. The first-order valence-corrected chi connectivity index (χ1v) is 5.20. The van der Waals surface area contributed by atoms with E-state index in [-0.39, 0.29) is 0 Å². The molecule has 1 heterocycles. The van der Waals surface area contributed by atoms with Crippen LogP contribution < -0.4 is 20.8 Å². The SMILES string of the molecule is COc1ccc(N)cc1.Cn1cc[n+](C)c1N. The molecule has 0 atom stereocenters. The van der Waals surface area contributed by atoms with Gasteiger partial charge in [-0.1, -0.05) is 0 Å². The van der Waals surface area contributed by atoms with E-state index in [1.54, 1.807) is 19.2 Å². The molecule has 0 aliphatic carbocycles. The van der Waals surface area contributed by atoms with Gasteiger partial charge >= 0.3 is 5.95 Å². The summed E-state index contributed by atoms with van der Waals surface area (Å²) in [5.74, 6) is 1.61. The number of nitrogens with two attached hydrogens (primary N) is 2. The van der Waals surface area contributed by atoms with Gasteiger partial charge in [0, 0.05) is 5.69 Å². The van der Waals surface area contributed by atoms with Crippen molar-refractivity contribution in [3.8, 4) is 5.75 Å². The van der Waals surface area contributed by atoms with Crippen LogP contribution in [0.25, 0.3) is 0 Å². The van der Waals surface area contributed by atoms with E-state index in [2.05, 4.69) is 0 Å². The van der Waals surface area contributed by atoms with Crippen LogP contribution in [0, 0.1) is 0 Å². The molecule has 92 valence electrons. The maximum atomic E-state index is 5.53. The zero-order chi connectivity index (χ0) is 12.8. The third kappa shape index (κ3) is 3.71. The minimum Gasteiger partial charge on any atom is -0.497 e. The van der Waals surface area contributed by atoms with Crippen LogP contribution >= 0.6 is 0 Å². The van der Waals surface area contributed by atoms with Crippen LogP contribution in [0.15, 0.2) is 36.7 Å². The topological polar surface area (TPSA) is 70.1 Å². The smallest absolute Gasteiger partial charge is 0.354 e. The van der Waals surface area contributed by atoms with Gasteiger partial charge in [0.1, 0.15) is 5.75 Å². The van der Waals surface area contributed by atoms with Crippen LogP contribution in [-0.2, 0) is 14.1 Å². The molecule has 0 aliphatic heterocycles. The molecule has 1 aromatic carbocycles. The lowest BCUT2D eigenvalue weighted by atomic mass is 10.3. The summed E-state index contributed by atoms with van der Waals surface area (Å²) < 4.78 is 8.64. The summed E-state index contributed by atoms with van der Waals surface area (Å²) in [6, 6.07) is 7.27. The monoisotopic (exact) mass is 235 g/mol. The zero-order valence-electron chi connectivity index (χ0n) is 10.4. The summed E-state index contributed by atoms with van der Waals surface area (Å²) in [4.78, 5) is 0. The standard InChI is InChI=1S/C7H9NO.C5H9N3/c1-9-7-4-2-6(8)3-5-7;1-7-3-4-8(2)5(7)6/h2-5H,8H2,1H3;3-4,6H,1-2H3/p+1. The van der Waals surface area contributed by atoms with Crippen molar-refractivity contribution in [1.29, 1.82) is 0 Å². The minimum atomic E-state index is 0.760. The second kappa shape index (κ2) is 5.79. The Morgan fingerprint density at radius 2 is 1.76 bits per heavy atom. The molecule has 0 spiro atoms. The second-order valence-electron chi connectivity index (χ2n) is 3.65. The van der Waals surface area contributed by atoms with Crippen molar-refractivity contribution in [2.75, 3.05) is 18.6 Å². The number of imidazole rings is 1. The van der Waals surface area contributed by atoms with E-state index in [0.717, 1.165) is 17.4 Å². The van der Waals surface area contributed by atoms with Crippen LogP contribution in [-0.4, -0.2) is 11.7 Å². The normalized spacial score (nSPS) is 9.35. The fourth-order valence-corrected chi connectivity index (χ4v) is 1.21. The minimum absolute atomic E-state index is 0.760. The largest absolute Gasteiger partial charge is 0.497 e. The molecule has 0 amide bonds. The lowest BCUT2D eigenvalue weighted by Gasteiger charge is -1.97. The number of rotatable bonds is 1. The Morgan fingerprint density at radius 1 is 1.18 bits per heavy atom. The average Bonchev–Trinajstić information content (AvgIpc) is 2.62. The fraction of sp³-hybridized carbons (Fsp3) is 0.250. The third-order valence-electron chi connectivity index (χ3n) is 2.35. The molecule has 0 aliphatic rings. The molecule has 4 N–H and O–H groups in total. The van der Waals surface area contributed by atoms with E-state index < -0.39 is 0 Å². The van der Waals surface area contributed by atoms with Crippen LogP contribution in [0.3, 0.4) is 0 Å². The van der Waals surface area contributed by atoms with Crippen molar-refractivity contribution < 1.29 is 9.30 Å². The number of ether oxygens (including phenoxy) is 1. The molecule has 0 fully saturated rings. The lowest BCUT2D eigenvalue weighted by molar-refractivity contribution is -0.655. The van der Waals surface area contributed by atoms with Crippen molar-refractivity contribution in [2.45, 2.75) is 0 Å². The summed E-state index contributed by atoms with van der Waals surface area (Å²) in [6.07, 6.45) is 3.82. The highest BCUT2D eigenvalue weighted by Gasteiger charge is 2.00. The Kier molecular flexibility index (Phi) is 4.39. The van der Waals surface area contributed by atoms with Gasteiger partial charge in [0.05, 0.1) is 33.6 Å². The molecule has 5 heteroatoms. The molecule has 0 radical (unpaired) electrons. The fourth-order valence-electron chi connectivity index (χ4n) is 1.21. The summed E-state index contributed by atoms with van der Waals surface area (Å²) >= 11 is 0. The molecular weight excluding hydrogens is 216 g/mol. The highest BCUT2D eigenvalue weighted by molar-refractivity contribution is 5.41. The molecule has 0 saturated carbocycles. The first-order chi connectivity index (χ1) is 8.04.